The Balaban J connectivity index is 2.03. The van der Waals surface area contributed by atoms with E-state index in [0.717, 1.165) is 13.0 Å². The highest BCUT2D eigenvalue weighted by Crippen LogP contribution is 2.27. The molecule has 3 rings (SSSR count). The molecule has 0 aliphatic carbocycles. The molecule has 0 atom stereocenters. The van der Waals surface area contributed by atoms with Crippen LogP contribution in [0, 0.1) is 0 Å². The average molecular weight is 184 g/mol. The van der Waals surface area contributed by atoms with Crippen LogP contribution < -0.4 is 5.32 Å². The minimum atomic E-state index is 0.978. The van der Waals surface area contributed by atoms with Gasteiger partial charge in [0.05, 0.1) is 0 Å². The summed E-state index contributed by atoms with van der Waals surface area (Å²) in [5.41, 5.74) is 3.93. The summed E-state index contributed by atoms with van der Waals surface area (Å²) in [5.74, 6) is 0. The highest BCUT2D eigenvalue weighted by molar-refractivity contribution is 5.55. The highest BCUT2D eigenvalue weighted by atomic mass is 15.2. The van der Waals surface area contributed by atoms with Crippen LogP contribution in [0.2, 0.25) is 0 Å². The van der Waals surface area contributed by atoms with Gasteiger partial charge < -0.3 is 10.2 Å². The summed E-state index contributed by atoms with van der Waals surface area (Å²) < 4.78 is 0. The highest BCUT2D eigenvalue weighted by Gasteiger charge is 2.16. The maximum Gasteiger partial charge on any atom is 0.0493 e. The van der Waals surface area contributed by atoms with Crippen LogP contribution in [0.4, 0.5) is 5.69 Å². The number of nitrogens with one attached hydrogen (secondary N) is 1. The Bertz CT molecular complexity index is 418. The van der Waals surface area contributed by atoms with Crippen molar-refractivity contribution in [1.29, 1.82) is 0 Å². The molecule has 14 heavy (non-hydrogen) atoms. The van der Waals surface area contributed by atoms with Gasteiger partial charge in [-0.25, -0.2) is 0 Å². The minimum Gasteiger partial charge on any atom is -0.360 e. The van der Waals surface area contributed by atoms with Crippen molar-refractivity contribution in [3.8, 4) is 0 Å². The summed E-state index contributed by atoms with van der Waals surface area (Å²) in [7, 11) is 0. The van der Waals surface area contributed by atoms with Crippen LogP contribution in [-0.2, 0) is 6.54 Å². The van der Waals surface area contributed by atoms with E-state index in [1.54, 1.807) is 0 Å². The maximum absolute atomic E-state index is 3.35. The fourth-order valence-electron chi connectivity index (χ4n) is 1.95. The molecule has 0 bridgehead atoms. The molecule has 0 radical (unpaired) electrons. The van der Waals surface area contributed by atoms with Crippen molar-refractivity contribution in [2.24, 2.45) is 0 Å². The number of para-hydroxylation sites is 1. The van der Waals surface area contributed by atoms with E-state index in [9.17, 15) is 0 Å². The normalized spacial score (nSPS) is 18.0. The number of hydrogen-bond acceptors (Lipinski definition) is 2. The molecule has 0 amide bonds. The maximum atomic E-state index is 3.35. The van der Waals surface area contributed by atoms with E-state index in [4.69, 9.17) is 0 Å². The first-order chi connectivity index (χ1) is 6.93. The molecular formula is C12H12N2. The van der Waals surface area contributed by atoms with Gasteiger partial charge in [-0.1, -0.05) is 24.3 Å². The molecule has 1 aromatic carbocycles. The molecule has 0 saturated carbocycles. The van der Waals surface area contributed by atoms with Gasteiger partial charge in [-0.3, -0.25) is 0 Å². The van der Waals surface area contributed by atoms with Crippen molar-refractivity contribution < 1.29 is 0 Å². The van der Waals surface area contributed by atoms with Gasteiger partial charge in [0.2, 0.25) is 0 Å². The zero-order valence-electron chi connectivity index (χ0n) is 7.90. The molecule has 2 aliphatic rings. The van der Waals surface area contributed by atoms with E-state index in [2.05, 4.69) is 53.0 Å². The third-order valence-electron chi connectivity index (χ3n) is 2.73. The first-order valence-electron chi connectivity index (χ1n) is 4.90. The number of rotatable bonds is 0. The molecule has 0 spiro atoms. The van der Waals surface area contributed by atoms with Crippen LogP contribution in [0.5, 0.6) is 0 Å². The largest absolute Gasteiger partial charge is 0.360 e. The molecule has 0 fully saturated rings. The predicted octanol–water partition coefficient (Wildman–Crippen LogP) is 2.67. The first kappa shape index (κ1) is 7.68. The first-order valence-corrected chi connectivity index (χ1v) is 4.90. The summed E-state index contributed by atoms with van der Waals surface area (Å²) >= 11 is 0. The molecule has 0 aromatic heterocycles. The van der Waals surface area contributed by atoms with E-state index in [-0.39, 0.29) is 0 Å². The second-order valence-electron chi connectivity index (χ2n) is 3.65. The van der Waals surface area contributed by atoms with E-state index in [0.29, 0.717) is 0 Å². The lowest BCUT2D eigenvalue weighted by Crippen LogP contribution is -2.10. The van der Waals surface area contributed by atoms with Crippen molar-refractivity contribution in [2.75, 3.05) is 5.32 Å². The lowest BCUT2D eigenvalue weighted by atomic mass is 10.2. The molecule has 1 aromatic rings. The quantitative estimate of drug-likeness (QED) is 0.666. The summed E-state index contributed by atoms with van der Waals surface area (Å²) in [4.78, 5) is 2.29. The Morgan fingerprint density at radius 2 is 2.14 bits per heavy atom. The monoisotopic (exact) mass is 184 g/mol. The minimum absolute atomic E-state index is 0.978. The molecule has 2 aliphatic heterocycles. The average Bonchev–Trinajstić information content (AvgIpc) is 2.58. The second-order valence-corrected chi connectivity index (χ2v) is 3.65. The molecule has 0 unspecified atom stereocenters. The predicted molar refractivity (Wildman–Crippen MR) is 57.4 cm³/mol. The SMILES string of the molecule is C1=CN2Cc3ccccc3NC=C2C1. The van der Waals surface area contributed by atoms with Gasteiger partial charge in [-0.2, -0.15) is 0 Å². The zero-order valence-corrected chi connectivity index (χ0v) is 7.90. The van der Waals surface area contributed by atoms with Gasteiger partial charge in [0.25, 0.3) is 0 Å². The summed E-state index contributed by atoms with van der Waals surface area (Å²) in [6, 6.07) is 8.45. The number of fused-ring (bicyclic) bond motifs is 2. The fourth-order valence-corrected chi connectivity index (χ4v) is 1.95. The number of hydrogen-bond donors (Lipinski definition) is 1. The van der Waals surface area contributed by atoms with E-state index >= 15 is 0 Å². The Hall–Kier alpha value is -1.70. The molecule has 1 N–H and O–H groups in total. The van der Waals surface area contributed by atoms with Crippen molar-refractivity contribution in [1.82, 2.24) is 4.90 Å². The Morgan fingerprint density at radius 3 is 3.14 bits per heavy atom. The van der Waals surface area contributed by atoms with Gasteiger partial charge in [0.15, 0.2) is 0 Å². The second kappa shape index (κ2) is 2.91. The van der Waals surface area contributed by atoms with Crippen LogP contribution in [0.15, 0.2) is 48.4 Å². The molecular weight excluding hydrogens is 172 g/mol. The van der Waals surface area contributed by atoms with E-state index < -0.39 is 0 Å². The lowest BCUT2D eigenvalue weighted by molar-refractivity contribution is 0.475. The van der Waals surface area contributed by atoms with Gasteiger partial charge >= 0.3 is 0 Å². The van der Waals surface area contributed by atoms with Crippen LogP contribution in [0.25, 0.3) is 0 Å². The molecule has 2 heterocycles. The topological polar surface area (TPSA) is 15.3 Å². The molecule has 70 valence electrons. The Labute approximate surface area is 83.5 Å². The van der Waals surface area contributed by atoms with Crippen molar-refractivity contribution in [3.63, 3.8) is 0 Å². The van der Waals surface area contributed by atoms with E-state index in [1.165, 1.54) is 16.9 Å². The fraction of sp³-hybridized carbons (Fsp3) is 0.167. The smallest absolute Gasteiger partial charge is 0.0493 e. The van der Waals surface area contributed by atoms with E-state index in [1.807, 2.05) is 0 Å². The third kappa shape index (κ3) is 1.11. The van der Waals surface area contributed by atoms with Gasteiger partial charge in [-0.05, 0) is 11.6 Å². The summed E-state index contributed by atoms with van der Waals surface area (Å²) in [5, 5.41) is 3.35. The zero-order chi connectivity index (χ0) is 9.38. The molecule has 0 saturated heterocycles. The Kier molecular flexibility index (Phi) is 1.60. The third-order valence-corrected chi connectivity index (χ3v) is 2.73. The number of benzene rings is 1. The number of allylic oxidation sites excluding steroid dienone is 1. The summed E-state index contributed by atoms with van der Waals surface area (Å²) in [6.45, 7) is 0.978. The van der Waals surface area contributed by atoms with Crippen molar-refractivity contribution >= 4 is 5.69 Å². The van der Waals surface area contributed by atoms with Gasteiger partial charge in [-0.15, -0.1) is 0 Å². The van der Waals surface area contributed by atoms with Crippen LogP contribution in [0.3, 0.4) is 0 Å². The molecule has 2 nitrogen and oxygen atoms in total. The molecule has 2 heteroatoms. The standard InChI is InChI=1S/C12H12N2/c1-2-6-12-10(4-1)9-14-7-3-5-11(14)8-13-12/h1-4,6-8,13H,5,9H2. The van der Waals surface area contributed by atoms with Crippen LogP contribution in [-0.4, -0.2) is 4.90 Å². The van der Waals surface area contributed by atoms with Crippen molar-refractivity contribution in [2.45, 2.75) is 13.0 Å². The Morgan fingerprint density at radius 1 is 1.21 bits per heavy atom. The van der Waals surface area contributed by atoms with Crippen LogP contribution >= 0.6 is 0 Å². The van der Waals surface area contributed by atoms with Crippen molar-refractivity contribution in [3.05, 3.63) is 54.0 Å². The van der Waals surface area contributed by atoms with Gasteiger partial charge in [0.1, 0.15) is 0 Å². The lowest BCUT2D eigenvalue weighted by Gasteiger charge is -2.15. The van der Waals surface area contributed by atoms with Crippen LogP contribution in [0.1, 0.15) is 12.0 Å². The summed E-state index contributed by atoms with van der Waals surface area (Å²) in [6.07, 6.45) is 7.50. The number of nitrogens with zero attached hydrogens (tertiary/aromatic N) is 1. The number of anilines is 1. The van der Waals surface area contributed by atoms with Gasteiger partial charge in [0, 0.05) is 36.7 Å².